The molecule has 0 aromatic heterocycles. The highest BCUT2D eigenvalue weighted by Gasteiger charge is 2.37. The maximum atomic E-state index is 2.49. The van der Waals surface area contributed by atoms with Crippen molar-refractivity contribution in [2.24, 2.45) is 23.7 Å². The summed E-state index contributed by atoms with van der Waals surface area (Å²) in [6, 6.07) is 0. The summed E-state index contributed by atoms with van der Waals surface area (Å²) in [4.78, 5) is 0. The van der Waals surface area contributed by atoms with Crippen molar-refractivity contribution in [3.8, 4) is 0 Å². The van der Waals surface area contributed by atoms with E-state index in [-0.39, 0.29) is 0 Å². The van der Waals surface area contributed by atoms with E-state index in [0.29, 0.717) is 0 Å². The molecule has 0 spiro atoms. The predicted octanol–water partition coefficient (Wildman–Crippen LogP) is 4.49. The standard InChI is InChI=1S/C13H26/c1-5-8-13-10(4)11(6-2)9-12(13)7-3/h10-13H,5-9H2,1-4H3. The van der Waals surface area contributed by atoms with Crippen molar-refractivity contribution in [2.45, 2.75) is 59.8 Å². The minimum absolute atomic E-state index is 0.995. The smallest absolute Gasteiger partial charge is 0.0358 e. The number of hydrogen-bond donors (Lipinski definition) is 0. The second kappa shape index (κ2) is 5.02. The van der Waals surface area contributed by atoms with Gasteiger partial charge in [0, 0.05) is 0 Å². The van der Waals surface area contributed by atoms with Gasteiger partial charge in [0.15, 0.2) is 0 Å². The molecule has 0 heterocycles. The van der Waals surface area contributed by atoms with Gasteiger partial charge in [-0.2, -0.15) is 0 Å². The third-order valence-electron chi connectivity index (χ3n) is 4.30. The number of hydrogen-bond acceptors (Lipinski definition) is 0. The Morgan fingerprint density at radius 3 is 2.08 bits per heavy atom. The van der Waals surface area contributed by atoms with Crippen molar-refractivity contribution in [1.29, 1.82) is 0 Å². The summed E-state index contributed by atoms with van der Waals surface area (Å²) in [6.07, 6.45) is 7.17. The fourth-order valence-corrected chi connectivity index (χ4v) is 3.40. The van der Waals surface area contributed by atoms with Gasteiger partial charge in [-0.05, 0) is 30.1 Å². The zero-order chi connectivity index (χ0) is 9.84. The van der Waals surface area contributed by atoms with E-state index in [1.54, 1.807) is 0 Å². The molecule has 0 aliphatic heterocycles. The van der Waals surface area contributed by atoms with Gasteiger partial charge in [-0.15, -0.1) is 0 Å². The molecule has 0 bridgehead atoms. The van der Waals surface area contributed by atoms with Gasteiger partial charge < -0.3 is 0 Å². The monoisotopic (exact) mass is 182 g/mol. The minimum Gasteiger partial charge on any atom is -0.0654 e. The van der Waals surface area contributed by atoms with Crippen LogP contribution in [-0.2, 0) is 0 Å². The Bertz CT molecular complexity index is 137. The molecule has 78 valence electrons. The molecule has 1 aliphatic rings. The Hall–Kier alpha value is 0. The summed E-state index contributed by atoms with van der Waals surface area (Å²) in [5.41, 5.74) is 0. The van der Waals surface area contributed by atoms with Gasteiger partial charge in [-0.1, -0.05) is 53.4 Å². The molecule has 4 atom stereocenters. The van der Waals surface area contributed by atoms with Crippen LogP contribution in [0, 0.1) is 23.7 Å². The molecular weight excluding hydrogens is 156 g/mol. The molecule has 0 saturated heterocycles. The van der Waals surface area contributed by atoms with Gasteiger partial charge in [0.25, 0.3) is 0 Å². The maximum absolute atomic E-state index is 2.49. The van der Waals surface area contributed by atoms with E-state index in [0.717, 1.165) is 23.7 Å². The van der Waals surface area contributed by atoms with Gasteiger partial charge in [0.2, 0.25) is 0 Å². The third kappa shape index (κ3) is 2.27. The lowest BCUT2D eigenvalue weighted by molar-refractivity contribution is 0.277. The molecule has 1 fully saturated rings. The van der Waals surface area contributed by atoms with Crippen LogP contribution in [0.25, 0.3) is 0 Å². The predicted molar refractivity (Wildman–Crippen MR) is 59.7 cm³/mol. The highest BCUT2D eigenvalue weighted by molar-refractivity contribution is 4.87. The van der Waals surface area contributed by atoms with Crippen molar-refractivity contribution in [3.63, 3.8) is 0 Å². The Morgan fingerprint density at radius 2 is 1.62 bits per heavy atom. The average molecular weight is 182 g/mol. The number of rotatable bonds is 4. The normalized spacial score (nSPS) is 39.7. The topological polar surface area (TPSA) is 0 Å². The highest BCUT2D eigenvalue weighted by atomic mass is 14.4. The van der Waals surface area contributed by atoms with Crippen LogP contribution in [0.4, 0.5) is 0 Å². The average Bonchev–Trinajstić information content (AvgIpc) is 2.45. The van der Waals surface area contributed by atoms with Crippen LogP contribution in [0.3, 0.4) is 0 Å². The lowest BCUT2D eigenvalue weighted by Crippen LogP contribution is -2.14. The van der Waals surface area contributed by atoms with Crippen LogP contribution in [0.1, 0.15) is 59.8 Å². The first-order valence-corrected chi connectivity index (χ1v) is 6.24. The SMILES string of the molecule is CCCC1C(CC)CC(CC)C1C. The summed E-state index contributed by atoms with van der Waals surface area (Å²) in [5.74, 6) is 4.11. The van der Waals surface area contributed by atoms with Crippen molar-refractivity contribution >= 4 is 0 Å². The van der Waals surface area contributed by atoms with Crippen LogP contribution < -0.4 is 0 Å². The van der Waals surface area contributed by atoms with Crippen LogP contribution in [0.2, 0.25) is 0 Å². The van der Waals surface area contributed by atoms with E-state index in [1.165, 1.54) is 32.1 Å². The summed E-state index contributed by atoms with van der Waals surface area (Å²) in [6.45, 7) is 9.56. The molecule has 1 aliphatic carbocycles. The fraction of sp³-hybridized carbons (Fsp3) is 1.00. The van der Waals surface area contributed by atoms with Crippen LogP contribution in [0.15, 0.2) is 0 Å². The van der Waals surface area contributed by atoms with E-state index in [1.807, 2.05) is 0 Å². The first-order valence-electron chi connectivity index (χ1n) is 6.24. The first-order chi connectivity index (χ1) is 6.24. The van der Waals surface area contributed by atoms with Crippen LogP contribution >= 0.6 is 0 Å². The second-order valence-corrected chi connectivity index (χ2v) is 4.88. The Morgan fingerprint density at radius 1 is 1.00 bits per heavy atom. The van der Waals surface area contributed by atoms with Crippen molar-refractivity contribution < 1.29 is 0 Å². The fourth-order valence-electron chi connectivity index (χ4n) is 3.40. The van der Waals surface area contributed by atoms with E-state index < -0.39 is 0 Å². The lowest BCUT2D eigenvalue weighted by atomic mass is 9.84. The van der Waals surface area contributed by atoms with E-state index in [4.69, 9.17) is 0 Å². The molecule has 1 rings (SSSR count). The molecule has 0 heteroatoms. The molecule has 13 heavy (non-hydrogen) atoms. The third-order valence-corrected chi connectivity index (χ3v) is 4.30. The summed E-state index contributed by atoms with van der Waals surface area (Å²) in [7, 11) is 0. The van der Waals surface area contributed by atoms with E-state index in [2.05, 4.69) is 27.7 Å². The van der Waals surface area contributed by atoms with E-state index >= 15 is 0 Å². The van der Waals surface area contributed by atoms with Gasteiger partial charge in [0.05, 0.1) is 0 Å². The van der Waals surface area contributed by atoms with Crippen molar-refractivity contribution in [1.82, 2.24) is 0 Å². The van der Waals surface area contributed by atoms with Crippen LogP contribution in [-0.4, -0.2) is 0 Å². The van der Waals surface area contributed by atoms with Crippen molar-refractivity contribution in [3.05, 3.63) is 0 Å². The Kier molecular flexibility index (Phi) is 4.28. The maximum Gasteiger partial charge on any atom is -0.0358 e. The molecule has 4 unspecified atom stereocenters. The molecule has 0 N–H and O–H groups in total. The van der Waals surface area contributed by atoms with E-state index in [9.17, 15) is 0 Å². The molecule has 0 amide bonds. The molecular formula is C13H26. The summed E-state index contributed by atoms with van der Waals surface area (Å²) >= 11 is 0. The van der Waals surface area contributed by atoms with Crippen molar-refractivity contribution in [2.75, 3.05) is 0 Å². The zero-order valence-corrected chi connectivity index (χ0v) is 9.84. The summed E-state index contributed by atoms with van der Waals surface area (Å²) in [5, 5.41) is 0. The molecule has 0 radical (unpaired) electrons. The quantitative estimate of drug-likeness (QED) is 0.600. The first kappa shape index (κ1) is 11.1. The molecule has 0 aromatic rings. The Balaban J connectivity index is 2.56. The highest BCUT2D eigenvalue weighted by Crippen LogP contribution is 2.46. The van der Waals surface area contributed by atoms with Gasteiger partial charge in [0.1, 0.15) is 0 Å². The lowest BCUT2D eigenvalue weighted by Gasteiger charge is -2.22. The van der Waals surface area contributed by atoms with Gasteiger partial charge in [-0.3, -0.25) is 0 Å². The van der Waals surface area contributed by atoms with Gasteiger partial charge >= 0.3 is 0 Å². The molecule has 0 aromatic carbocycles. The molecule has 0 nitrogen and oxygen atoms in total. The van der Waals surface area contributed by atoms with Crippen LogP contribution in [0.5, 0.6) is 0 Å². The molecule has 1 saturated carbocycles. The zero-order valence-electron chi connectivity index (χ0n) is 9.84. The van der Waals surface area contributed by atoms with Gasteiger partial charge in [-0.25, -0.2) is 0 Å². The summed E-state index contributed by atoms with van der Waals surface area (Å²) < 4.78 is 0. The Labute approximate surface area is 84.1 Å². The minimum atomic E-state index is 0.995. The second-order valence-electron chi connectivity index (χ2n) is 4.88. The largest absolute Gasteiger partial charge is 0.0654 e.